The van der Waals surface area contributed by atoms with Crippen molar-refractivity contribution in [3.8, 4) is 0 Å². The Hall–Kier alpha value is -1.14. The van der Waals surface area contributed by atoms with E-state index in [0.29, 0.717) is 25.7 Å². The van der Waals surface area contributed by atoms with Crippen LogP contribution in [-0.2, 0) is 37.9 Å². The van der Waals surface area contributed by atoms with Gasteiger partial charge in [-0.2, -0.15) is 0 Å². The Morgan fingerprint density at radius 2 is 1.17 bits per heavy atom. The Bertz CT molecular complexity index is 1930. The van der Waals surface area contributed by atoms with E-state index in [1.165, 1.54) is 0 Å². The average Bonchev–Trinajstić information content (AvgIpc) is 3.74. The lowest BCUT2D eigenvalue weighted by Crippen LogP contribution is -2.68. The van der Waals surface area contributed by atoms with E-state index >= 15 is 0 Å². The molecule has 4 saturated carbocycles. The minimum atomic E-state index is -1.82. The SMILES string of the molecule is CC(C)=CCCC(C)(O[C@@H]1O[C@H](CO[C@H]2OC[C@@H](O)[C@H](O)[C@H]2O)[C@@H](O)[C@H](O)[C@H]1O)C1CCC2(C)C1CCC1C3(CO)CCC(O[C@@H]4O[C@H](CO)[C@@H](O)[C@H](O)[C@H]4O[C@@H]4O[C@H](CO)[C@@H](O)[C@H](O)[C@H]4O)C(C)(C)C3CCC12C. The zero-order valence-corrected chi connectivity index (χ0v) is 44.6. The van der Waals surface area contributed by atoms with Gasteiger partial charge in [-0.25, -0.2) is 0 Å². The van der Waals surface area contributed by atoms with Crippen LogP contribution in [0.2, 0.25) is 0 Å². The summed E-state index contributed by atoms with van der Waals surface area (Å²) in [5.41, 5.74) is -1.42. The Labute approximate surface area is 439 Å². The van der Waals surface area contributed by atoms with E-state index in [2.05, 4.69) is 33.8 Å². The Morgan fingerprint density at radius 3 is 1.81 bits per heavy atom. The molecule has 434 valence electrons. The topological polar surface area (TPSA) is 357 Å². The third-order valence-electron chi connectivity index (χ3n) is 20.5. The minimum Gasteiger partial charge on any atom is -0.396 e. The first-order chi connectivity index (χ1) is 35.2. The highest BCUT2D eigenvalue weighted by Gasteiger charge is 2.71. The number of rotatable bonds is 16. The molecule has 75 heavy (non-hydrogen) atoms. The van der Waals surface area contributed by atoms with Gasteiger partial charge >= 0.3 is 0 Å². The van der Waals surface area contributed by atoms with E-state index in [9.17, 15) is 71.5 Å². The van der Waals surface area contributed by atoms with Gasteiger partial charge in [0.05, 0.1) is 38.1 Å². The molecule has 8 fully saturated rings. The molecule has 4 saturated heterocycles. The molecular weight excluding hydrogens is 989 g/mol. The van der Waals surface area contributed by atoms with E-state index in [4.69, 9.17) is 37.9 Å². The fourth-order valence-corrected chi connectivity index (χ4v) is 16.0. The van der Waals surface area contributed by atoms with Crippen LogP contribution < -0.4 is 0 Å². The van der Waals surface area contributed by atoms with Crippen LogP contribution in [0.5, 0.6) is 0 Å². The maximum absolute atomic E-state index is 11.9. The van der Waals surface area contributed by atoms with Gasteiger partial charge in [0.25, 0.3) is 0 Å². The van der Waals surface area contributed by atoms with Gasteiger partial charge in [0.1, 0.15) is 91.6 Å². The highest BCUT2D eigenvalue weighted by molar-refractivity contribution is 5.20. The summed E-state index contributed by atoms with van der Waals surface area (Å²) < 4.78 is 48.8. The van der Waals surface area contributed by atoms with E-state index in [1.54, 1.807) is 0 Å². The second-order valence-corrected chi connectivity index (χ2v) is 25.0. The Morgan fingerprint density at radius 1 is 0.587 bits per heavy atom. The number of hydrogen-bond acceptors (Lipinski definition) is 22. The van der Waals surface area contributed by atoms with Gasteiger partial charge in [-0.1, -0.05) is 39.3 Å². The summed E-state index contributed by atoms with van der Waals surface area (Å²) in [4.78, 5) is 0. The Kier molecular flexibility index (Phi) is 18.4. The molecule has 0 aromatic rings. The first-order valence-electron chi connectivity index (χ1n) is 27.4. The Balaban J connectivity index is 1.01. The fraction of sp³-hybridized carbons (Fsp3) is 0.962. The predicted molar refractivity (Wildman–Crippen MR) is 260 cm³/mol. The highest BCUT2D eigenvalue weighted by atomic mass is 16.8. The lowest BCUT2D eigenvalue weighted by Gasteiger charge is -2.70. The van der Waals surface area contributed by atoms with Crippen molar-refractivity contribution < 1.29 is 109 Å². The van der Waals surface area contributed by atoms with Crippen molar-refractivity contribution in [1.82, 2.24) is 0 Å². The summed E-state index contributed by atoms with van der Waals surface area (Å²) in [6.07, 6.45) is -20.5. The van der Waals surface area contributed by atoms with Crippen LogP contribution in [0.4, 0.5) is 0 Å². The zero-order chi connectivity index (χ0) is 54.9. The van der Waals surface area contributed by atoms with Crippen molar-refractivity contribution in [2.24, 2.45) is 45.3 Å². The number of fused-ring (bicyclic) bond motifs is 5. The monoisotopic (exact) mass is 1080 g/mol. The van der Waals surface area contributed by atoms with Crippen molar-refractivity contribution in [2.75, 3.05) is 33.0 Å². The third-order valence-corrected chi connectivity index (χ3v) is 20.5. The van der Waals surface area contributed by atoms with E-state index < -0.39 is 159 Å². The molecule has 28 atom stereocenters. The van der Waals surface area contributed by atoms with Gasteiger partial charge in [-0.05, 0) is 125 Å². The molecule has 0 aromatic carbocycles. The molecule has 0 spiro atoms. The molecule has 4 heterocycles. The number of aliphatic hydroxyl groups excluding tert-OH is 14. The first-order valence-corrected chi connectivity index (χ1v) is 27.4. The summed E-state index contributed by atoms with van der Waals surface area (Å²) in [5, 5.41) is 150. The molecule has 4 aliphatic carbocycles. The maximum atomic E-state index is 11.9. The van der Waals surface area contributed by atoms with Crippen LogP contribution in [0, 0.1) is 45.3 Å². The van der Waals surface area contributed by atoms with Gasteiger partial charge in [-0.15, -0.1) is 0 Å². The quantitative estimate of drug-likeness (QED) is 0.0614. The van der Waals surface area contributed by atoms with Crippen LogP contribution in [0.25, 0.3) is 0 Å². The molecule has 8 aliphatic rings. The van der Waals surface area contributed by atoms with Crippen molar-refractivity contribution in [1.29, 1.82) is 0 Å². The zero-order valence-electron chi connectivity index (χ0n) is 44.6. The largest absolute Gasteiger partial charge is 0.396 e. The number of ether oxygens (including phenoxy) is 8. The summed E-state index contributed by atoms with van der Waals surface area (Å²) in [7, 11) is 0. The minimum absolute atomic E-state index is 0.0346. The standard InChI is InChI=1S/C53H90O22/c1-24(2)9-8-15-52(7,75-47-43(67)39(63)37(61)30(72-47)22-69-45-41(65)34(58)27(57)21-68-45)26-12-16-50(5)25(26)10-11-32-51(50,6)17-13-31-49(3,4)33(14-18-53(31,32)23-56)73-48-44(40(64)36(60)29(20-55)71-48)74-46-42(66)38(62)35(59)28(19-54)70-46/h9,25-48,54-67H,8,10-23H2,1-7H3/t25?,26?,27-,28-,29-,30-,31?,32?,33?,34+,35-,36-,37-,38+,39+,40+,41-,42-,43-,44-,45-,46+,47+,48+,50?,51?,52?,53?/m1/s1. The molecule has 0 radical (unpaired) electrons. The molecule has 22 heteroatoms. The first kappa shape index (κ1) is 60.0. The van der Waals surface area contributed by atoms with Crippen molar-refractivity contribution in [3.63, 3.8) is 0 Å². The molecular formula is C53H90O22. The van der Waals surface area contributed by atoms with Gasteiger partial charge in [-0.3, -0.25) is 0 Å². The highest BCUT2D eigenvalue weighted by Crippen LogP contribution is 2.76. The van der Waals surface area contributed by atoms with Gasteiger partial charge in [0.15, 0.2) is 25.2 Å². The lowest BCUT2D eigenvalue weighted by molar-refractivity contribution is -0.379. The molecule has 9 unspecified atom stereocenters. The van der Waals surface area contributed by atoms with Gasteiger partial charge < -0.3 is 109 Å². The predicted octanol–water partition coefficient (Wildman–Crippen LogP) is -1.56. The van der Waals surface area contributed by atoms with Crippen molar-refractivity contribution in [2.45, 2.75) is 241 Å². The lowest BCUT2D eigenvalue weighted by atomic mass is 9.35. The molecule has 14 N–H and O–H groups in total. The normalized spacial score (nSPS) is 51.7. The second kappa shape index (κ2) is 23.0. The van der Waals surface area contributed by atoms with E-state index in [-0.39, 0.29) is 47.7 Å². The average molecular weight is 1080 g/mol. The summed E-state index contributed by atoms with van der Waals surface area (Å²) in [6, 6.07) is 0. The van der Waals surface area contributed by atoms with Crippen LogP contribution in [0.15, 0.2) is 11.6 Å². The van der Waals surface area contributed by atoms with Crippen LogP contribution in [0.1, 0.15) is 113 Å². The summed E-state index contributed by atoms with van der Waals surface area (Å²) >= 11 is 0. The molecule has 0 bridgehead atoms. The van der Waals surface area contributed by atoms with Gasteiger partial charge in [0.2, 0.25) is 0 Å². The van der Waals surface area contributed by atoms with Crippen molar-refractivity contribution in [3.05, 3.63) is 11.6 Å². The number of aliphatic hydroxyl groups is 14. The van der Waals surface area contributed by atoms with E-state index in [1.807, 2.05) is 20.8 Å². The number of allylic oxidation sites excluding steroid dienone is 2. The fourth-order valence-electron chi connectivity index (χ4n) is 16.0. The number of hydrogen-bond donors (Lipinski definition) is 14. The smallest absolute Gasteiger partial charge is 0.187 e. The van der Waals surface area contributed by atoms with Crippen molar-refractivity contribution >= 4 is 0 Å². The summed E-state index contributed by atoms with van der Waals surface area (Å²) in [6.45, 7) is 12.9. The second-order valence-electron chi connectivity index (χ2n) is 25.0. The molecule has 8 rings (SSSR count). The third kappa shape index (κ3) is 10.6. The molecule has 0 aromatic heterocycles. The summed E-state index contributed by atoms with van der Waals surface area (Å²) in [5.74, 6) is 0.135. The van der Waals surface area contributed by atoms with Gasteiger partial charge in [0, 0.05) is 12.0 Å². The molecule has 0 amide bonds. The van der Waals surface area contributed by atoms with Crippen LogP contribution in [-0.4, -0.2) is 233 Å². The van der Waals surface area contributed by atoms with Crippen LogP contribution >= 0.6 is 0 Å². The molecule has 22 nitrogen and oxygen atoms in total. The van der Waals surface area contributed by atoms with E-state index in [0.717, 1.165) is 44.1 Å². The van der Waals surface area contributed by atoms with Crippen LogP contribution in [0.3, 0.4) is 0 Å². The maximum Gasteiger partial charge on any atom is 0.187 e. The molecule has 4 aliphatic heterocycles.